The quantitative estimate of drug-likeness (QED) is 0.788. The Hall–Kier alpha value is -1.55. The van der Waals surface area contributed by atoms with Crippen molar-refractivity contribution in [2.75, 3.05) is 18.0 Å². The van der Waals surface area contributed by atoms with Crippen molar-refractivity contribution < 1.29 is 4.79 Å². The summed E-state index contributed by atoms with van der Waals surface area (Å²) in [4.78, 5) is 13.2. The van der Waals surface area contributed by atoms with Crippen LogP contribution >= 0.6 is 0 Å². The molecule has 0 aliphatic heterocycles. The second-order valence-electron chi connectivity index (χ2n) is 5.08. The zero-order valence-corrected chi connectivity index (χ0v) is 12.4. The second-order valence-corrected chi connectivity index (χ2v) is 5.08. The zero-order chi connectivity index (χ0) is 14.4. The second kappa shape index (κ2) is 7.14. The summed E-state index contributed by atoms with van der Waals surface area (Å²) in [7, 11) is 0. The highest BCUT2D eigenvalue weighted by atomic mass is 16.1. The van der Waals surface area contributed by atoms with Crippen LogP contribution in [0.25, 0.3) is 0 Å². The molecular weight excluding hydrogens is 238 g/mol. The first-order valence-electron chi connectivity index (χ1n) is 6.80. The molecule has 0 spiro atoms. The van der Waals surface area contributed by atoms with Crippen LogP contribution in [0.3, 0.4) is 0 Å². The van der Waals surface area contributed by atoms with Crippen LogP contribution in [0, 0.1) is 6.92 Å². The van der Waals surface area contributed by atoms with Gasteiger partial charge in [0, 0.05) is 18.3 Å². The highest BCUT2D eigenvalue weighted by molar-refractivity contribution is 5.79. The number of nitrogens with two attached hydrogens (primary N) is 1. The van der Waals surface area contributed by atoms with Gasteiger partial charge in [0.1, 0.15) is 0 Å². The van der Waals surface area contributed by atoms with E-state index in [2.05, 4.69) is 51.2 Å². The Bertz CT molecular complexity index is 429. The van der Waals surface area contributed by atoms with Crippen molar-refractivity contribution in [1.29, 1.82) is 0 Å². The molecule has 106 valence electrons. The van der Waals surface area contributed by atoms with Crippen molar-refractivity contribution in [3.63, 3.8) is 0 Å². The predicted octanol–water partition coefficient (Wildman–Crippen LogP) is 1.80. The third-order valence-electron chi connectivity index (χ3n) is 3.17. The summed E-state index contributed by atoms with van der Waals surface area (Å²) in [6.45, 7) is 10.4. The Kier molecular flexibility index (Phi) is 5.83. The van der Waals surface area contributed by atoms with Crippen LogP contribution in [0.2, 0.25) is 0 Å². The van der Waals surface area contributed by atoms with Crippen molar-refractivity contribution in [1.82, 2.24) is 5.32 Å². The molecule has 0 saturated heterocycles. The Morgan fingerprint density at radius 2 is 2.11 bits per heavy atom. The zero-order valence-electron chi connectivity index (χ0n) is 12.4. The fourth-order valence-electron chi connectivity index (χ4n) is 2.06. The third-order valence-corrected chi connectivity index (χ3v) is 3.17. The van der Waals surface area contributed by atoms with E-state index in [0.29, 0.717) is 0 Å². The molecule has 0 heterocycles. The highest BCUT2D eigenvalue weighted by Crippen LogP contribution is 2.21. The van der Waals surface area contributed by atoms with Crippen molar-refractivity contribution in [2.45, 2.75) is 40.3 Å². The van der Waals surface area contributed by atoms with Crippen LogP contribution in [0.1, 0.15) is 31.9 Å². The highest BCUT2D eigenvalue weighted by Gasteiger charge is 2.13. The molecule has 0 aliphatic rings. The maximum atomic E-state index is 11.2. The first kappa shape index (κ1) is 15.5. The Balaban J connectivity index is 2.93. The average Bonchev–Trinajstić information content (AvgIpc) is 2.34. The molecule has 4 nitrogen and oxygen atoms in total. The molecule has 0 atom stereocenters. The first-order chi connectivity index (χ1) is 8.95. The maximum Gasteiger partial charge on any atom is 0.236 e. The van der Waals surface area contributed by atoms with Gasteiger partial charge >= 0.3 is 0 Å². The van der Waals surface area contributed by atoms with Gasteiger partial charge in [0.25, 0.3) is 0 Å². The average molecular weight is 263 g/mol. The van der Waals surface area contributed by atoms with Gasteiger partial charge in [-0.1, -0.05) is 13.0 Å². The van der Waals surface area contributed by atoms with Gasteiger partial charge in [0.2, 0.25) is 5.91 Å². The molecule has 0 aliphatic carbocycles. The molecule has 0 saturated carbocycles. The van der Waals surface area contributed by atoms with E-state index in [1.165, 1.54) is 11.1 Å². The number of primary amides is 1. The molecule has 0 fully saturated rings. The van der Waals surface area contributed by atoms with E-state index < -0.39 is 0 Å². The molecule has 0 radical (unpaired) electrons. The Morgan fingerprint density at radius 1 is 1.42 bits per heavy atom. The number of nitrogens with zero attached hydrogens (tertiary/aromatic N) is 1. The number of carbonyl (C=O) groups excluding carboxylic acids is 1. The summed E-state index contributed by atoms with van der Waals surface area (Å²) < 4.78 is 0. The molecule has 3 N–H and O–H groups in total. The molecule has 19 heavy (non-hydrogen) atoms. The summed E-state index contributed by atoms with van der Waals surface area (Å²) in [6, 6.07) is 6.54. The van der Waals surface area contributed by atoms with Crippen LogP contribution in [0.5, 0.6) is 0 Å². The lowest BCUT2D eigenvalue weighted by molar-refractivity contribution is -0.116. The van der Waals surface area contributed by atoms with E-state index in [1.54, 1.807) is 0 Å². The van der Waals surface area contributed by atoms with Crippen LogP contribution in [-0.4, -0.2) is 25.0 Å². The monoisotopic (exact) mass is 263 g/mol. The summed E-state index contributed by atoms with van der Waals surface area (Å²) >= 11 is 0. The summed E-state index contributed by atoms with van der Waals surface area (Å²) in [5, 5.41) is 3.32. The van der Waals surface area contributed by atoms with Crippen molar-refractivity contribution in [2.24, 2.45) is 5.73 Å². The lowest BCUT2D eigenvalue weighted by atomic mass is 10.1. The summed E-state index contributed by atoms with van der Waals surface area (Å²) in [6.07, 6.45) is 0. The molecule has 0 unspecified atom stereocenters. The summed E-state index contributed by atoms with van der Waals surface area (Å²) in [5.41, 5.74) is 8.87. The third kappa shape index (κ3) is 4.56. The largest absolute Gasteiger partial charge is 0.368 e. The number of rotatable bonds is 7. The molecule has 1 aromatic carbocycles. The molecule has 1 amide bonds. The minimum Gasteiger partial charge on any atom is -0.368 e. The number of hydrogen-bond donors (Lipinski definition) is 2. The molecule has 1 aromatic rings. The molecule has 4 heteroatoms. The molecule has 0 bridgehead atoms. The van der Waals surface area contributed by atoms with E-state index >= 15 is 0 Å². The number of aryl methyl sites for hydroxylation is 1. The number of nitrogens with one attached hydrogen (secondary N) is 1. The minimum atomic E-state index is -0.303. The number of amides is 1. The number of carbonyl (C=O) groups is 1. The lowest BCUT2D eigenvalue weighted by Crippen LogP contribution is -2.38. The van der Waals surface area contributed by atoms with Crippen molar-refractivity contribution in [3.05, 3.63) is 29.3 Å². The van der Waals surface area contributed by atoms with Gasteiger partial charge in [-0.2, -0.15) is 0 Å². The Morgan fingerprint density at radius 3 is 2.58 bits per heavy atom. The van der Waals surface area contributed by atoms with E-state index in [-0.39, 0.29) is 18.5 Å². The van der Waals surface area contributed by atoms with Gasteiger partial charge < -0.3 is 16.0 Å². The van der Waals surface area contributed by atoms with E-state index in [4.69, 9.17) is 5.73 Å². The Labute approximate surface area is 116 Å². The van der Waals surface area contributed by atoms with E-state index in [0.717, 1.165) is 18.8 Å². The van der Waals surface area contributed by atoms with E-state index in [1.807, 2.05) is 4.90 Å². The molecule has 0 aromatic heterocycles. The van der Waals surface area contributed by atoms with Crippen LogP contribution in [0.4, 0.5) is 5.69 Å². The first-order valence-corrected chi connectivity index (χ1v) is 6.80. The number of hydrogen-bond acceptors (Lipinski definition) is 3. The van der Waals surface area contributed by atoms with E-state index in [9.17, 15) is 4.79 Å². The normalized spacial score (nSPS) is 10.8. The van der Waals surface area contributed by atoms with Gasteiger partial charge in [-0.15, -0.1) is 0 Å². The van der Waals surface area contributed by atoms with Crippen LogP contribution in [0.15, 0.2) is 18.2 Å². The minimum absolute atomic E-state index is 0.242. The predicted molar refractivity (Wildman–Crippen MR) is 80.2 cm³/mol. The van der Waals surface area contributed by atoms with Crippen molar-refractivity contribution >= 4 is 11.6 Å². The maximum absolute atomic E-state index is 11.2. The van der Waals surface area contributed by atoms with Gasteiger partial charge in [-0.3, -0.25) is 4.79 Å². The smallest absolute Gasteiger partial charge is 0.236 e. The van der Waals surface area contributed by atoms with Crippen LogP contribution in [-0.2, 0) is 11.3 Å². The van der Waals surface area contributed by atoms with Gasteiger partial charge in [0.15, 0.2) is 0 Å². The van der Waals surface area contributed by atoms with Gasteiger partial charge in [-0.05, 0) is 50.6 Å². The van der Waals surface area contributed by atoms with Gasteiger partial charge in [-0.25, -0.2) is 0 Å². The number of anilines is 1. The number of benzene rings is 1. The topological polar surface area (TPSA) is 58.4 Å². The SMILES string of the molecule is CCNCc1ccc(N(CC(N)=O)C(C)C)cc1C. The van der Waals surface area contributed by atoms with Gasteiger partial charge in [0.05, 0.1) is 6.54 Å². The molecular formula is C15H25N3O. The fraction of sp³-hybridized carbons (Fsp3) is 0.533. The lowest BCUT2D eigenvalue weighted by Gasteiger charge is -2.28. The summed E-state index contributed by atoms with van der Waals surface area (Å²) in [5.74, 6) is -0.303. The van der Waals surface area contributed by atoms with Crippen LogP contribution < -0.4 is 16.0 Å². The standard InChI is InChI=1S/C15H25N3O/c1-5-17-9-13-6-7-14(8-12(13)4)18(11(2)3)10-15(16)19/h6-8,11,17H,5,9-10H2,1-4H3,(H2,16,19). The molecule has 1 rings (SSSR count). The fourth-order valence-corrected chi connectivity index (χ4v) is 2.06. The van der Waals surface area contributed by atoms with Crippen molar-refractivity contribution in [3.8, 4) is 0 Å².